The highest BCUT2D eigenvalue weighted by Crippen LogP contribution is 2.36. The van der Waals surface area contributed by atoms with Crippen LogP contribution in [0.2, 0.25) is 0 Å². The minimum absolute atomic E-state index is 0.255. The zero-order valence-corrected chi connectivity index (χ0v) is 12.6. The number of thiophene rings is 1. The van der Waals surface area contributed by atoms with Gasteiger partial charge in [0.15, 0.2) is 0 Å². The molecule has 2 N–H and O–H groups in total. The van der Waals surface area contributed by atoms with Crippen molar-refractivity contribution in [3.8, 4) is 0 Å². The summed E-state index contributed by atoms with van der Waals surface area (Å²) in [5.74, 6) is -0.502. The zero-order chi connectivity index (χ0) is 15.9. The van der Waals surface area contributed by atoms with Crippen LogP contribution in [0.1, 0.15) is 21.8 Å². The molecular formula is C12H15F3N4OS. The number of fused-ring (bicyclic) bond motifs is 1. The number of amides is 1. The van der Waals surface area contributed by atoms with Gasteiger partial charge in [-0.15, -0.1) is 11.3 Å². The Hall–Kier alpha value is -1.77. The average molecular weight is 320 g/mol. The number of carbonyl (C=O) groups is 1. The van der Waals surface area contributed by atoms with E-state index in [1.54, 1.807) is 18.7 Å². The predicted molar refractivity (Wildman–Crippen MR) is 75.4 cm³/mol. The molecule has 0 unspecified atom stereocenters. The van der Waals surface area contributed by atoms with Gasteiger partial charge in [0.05, 0.1) is 23.2 Å². The molecule has 2 aromatic heterocycles. The standard InChI is InChI=1S/C12H15F3N4OS/c1-6-7-8(16)9(21-11(7)19(3)17-6)10(20)18(2)5-4-12(13,14)15/h4-5,16H2,1-3H3. The summed E-state index contributed by atoms with van der Waals surface area (Å²) in [5, 5.41) is 4.89. The third-order valence-electron chi connectivity index (χ3n) is 3.15. The van der Waals surface area contributed by atoms with Gasteiger partial charge < -0.3 is 10.6 Å². The third kappa shape index (κ3) is 2.97. The summed E-state index contributed by atoms with van der Waals surface area (Å²) in [7, 11) is 3.07. The topological polar surface area (TPSA) is 64.2 Å². The molecule has 0 spiro atoms. The molecule has 2 heterocycles. The van der Waals surface area contributed by atoms with Crippen LogP contribution in [0.25, 0.3) is 10.2 Å². The lowest BCUT2D eigenvalue weighted by atomic mass is 10.2. The van der Waals surface area contributed by atoms with Crippen molar-refractivity contribution in [1.82, 2.24) is 14.7 Å². The van der Waals surface area contributed by atoms with E-state index in [-0.39, 0.29) is 10.6 Å². The van der Waals surface area contributed by atoms with Crippen molar-refractivity contribution >= 4 is 33.1 Å². The van der Waals surface area contributed by atoms with Crippen LogP contribution < -0.4 is 5.73 Å². The Bertz CT molecular complexity index is 689. The Morgan fingerprint density at radius 1 is 1.48 bits per heavy atom. The predicted octanol–water partition coefficient (Wildman–Crippen LogP) is 2.55. The fourth-order valence-electron chi connectivity index (χ4n) is 2.06. The maximum absolute atomic E-state index is 12.2. The molecule has 9 heteroatoms. The number of carbonyl (C=O) groups excluding carboxylic acids is 1. The molecule has 0 aliphatic rings. The van der Waals surface area contributed by atoms with Gasteiger partial charge in [0, 0.05) is 20.6 Å². The first-order chi connectivity index (χ1) is 9.61. The number of aryl methyl sites for hydroxylation is 2. The number of hydrogen-bond donors (Lipinski definition) is 1. The molecule has 1 amide bonds. The first kappa shape index (κ1) is 15.6. The summed E-state index contributed by atoms with van der Waals surface area (Å²) in [4.78, 5) is 14.3. The van der Waals surface area contributed by atoms with Crippen molar-refractivity contribution in [3.63, 3.8) is 0 Å². The largest absolute Gasteiger partial charge is 0.397 e. The minimum atomic E-state index is -4.29. The Balaban J connectivity index is 2.27. The minimum Gasteiger partial charge on any atom is -0.397 e. The molecule has 0 atom stereocenters. The maximum Gasteiger partial charge on any atom is 0.390 e. The highest BCUT2D eigenvalue weighted by Gasteiger charge is 2.29. The van der Waals surface area contributed by atoms with E-state index in [2.05, 4.69) is 5.10 Å². The van der Waals surface area contributed by atoms with Gasteiger partial charge in [0.2, 0.25) is 0 Å². The highest BCUT2D eigenvalue weighted by molar-refractivity contribution is 7.21. The molecule has 0 radical (unpaired) electrons. The van der Waals surface area contributed by atoms with Crippen molar-refractivity contribution in [2.45, 2.75) is 19.5 Å². The number of nitrogen functional groups attached to an aromatic ring is 1. The fraction of sp³-hybridized carbons (Fsp3) is 0.500. The van der Waals surface area contributed by atoms with Crippen LogP contribution in [0, 0.1) is 6.92 Å². The van der Waals surface area contributed by atoms with E-state index in [0.29, 0.717) is 11.1 Å². The summed E-state index contributed by atoms with van der Waals surface area (Å²) < 4.78 is 38.2. The van der Waals surface area contributed by atoms with Gasteiger partial charge in [0.1, 0.15) is 9.71 Å². The van der Waals surface area contributed by atoms with Gasteiger partial charge in [-0.05, 0) is 6.92 Å². The summed E-state index contributed by atoms with van der Waals surface area (Å²) in [6.07, 6.45) is -5.33. The summed E-state index contributed by atoms with van der Waals surface area (Å²) in [5.41, 5.74) is 6.94. The van der Waals surface area contributed by atoms with Gasteiger partial charge in [-0.1, -0.05) is 0 Å². The molecule has 0 saturated heterocycles. The molecule has 0 fully saturated rings. The van der Waals surface area contributed by atoms with Crippen LogP contribution in [0.4, 0.5) is 18.9 Å². The molecule has 2 aromatic rings. The number of alkyl halides is 3. The van der Waals surface area contributed by atoms with E-state index in [0.717, 1.165) is 21.1 Å². The van der Waals surface area contributed by atoms with Gasteiger partial charge in [-0.2, -0.15) is 18.3 Å². The number of nitrogens with zero attached hydrogens (tertiary/aromatic N) is 3. The first-order valence-electron chi connectivity index (χ1n) is 6.15. The van der Waals surface area contributed by atoms with Crippen LogP contribution in [0.5, 0.6) is 0 Å². The summed E-state index contributed by atoms with van der Waals surface area (Å²) >= 11 is 1.14. The SMILES string of the molecule is Cc1nn(C)c2sc(C(=O)N(C)CCC(F)(F)F)c(N)c12. The Labute approximate surface area is 123 Å². The van der Waals surface area contributed by atoms with E-state index >= 15 is 0 Å². The van der Waals surface area contributed by atoms with Crippen LogP contribution in [0.3, 0.4) is 0 Å². The Kier molecular flexibility index (Phi) is 3.87. The van der Waals surface area contributed by atoms with Gasteiger partial charge in [0.25, 0.3) is 5.91 Å². The van der Waals surface area contributed by atoms with Gasteiger partial charge >= 0.3 is 6.18 Å². The molecule has 0 aliphatic carbocycles. The van der Waals surface area contributed by atoms with Crippen molar-refractivity contribution in [2.75, 3.05) is 19.3 Å². The van der Waals surface area contributed by atoms with E-state index in [1.807, 2.05) is 0 Å². The second kappa shape index (κ2) is 5.21. The number of hydrogen-bond acceptors (Lipinski definition) is 4. The van der Waals surface area contributed by atoms with Crippen LogP contribution >= 0.6 is 11.3 Å². The smallest absolute Gasteiger partial charge is 0.390 e. The van der Waals surface area contributed by atoms with Crippen LogP contribution in [-0.2, 0) is 7.05 Å². The second-order valence-corrected chi connectivity index (χ2v) is 5.82. The zero-order valence-electron chi connectivity index (χ0n) is 11.8. The van der Waals surface area contributed by atoms with E-state index < -0.39 is 25.0 Å². The average Bonchev–Trinajstić information content (AvgIpc) is 2.84. The second-order valence-electron chi connectivity index (χ2n) is 4.83. The molecule has 2 rings (SSSR count). The molecule has 21 heavy (non-hydrogen) atoms. The third-order valence-corrected chi connectivity index (χ3v) is 4.41. The van der Waals surface area contributed by atoms with Gasteiger partial charge in [-0.3, -0.25) is 9.48 Å². The molecule has 0 aliphatic heterocycles. The van der Waals surface area contributed by atoms with Crippen LogP contribution in [-0.4, -0.2) is 40.4 Å². The summed E-state index contributed by atoms with van der Waals surface area (Å²) in [6.45, 7) is 1.38. The summed E-state index contributed by atoms with van der Waals surface area (Å²) in [6, 6.07) is 0. The lowest BCUT2D eigenvalue weighted by molar-refractivity contribution is -0.136. The van der Waals surface area contributed by atoms with Crippen molar-refractivity contribution in [2.24, 2.45) is 7.05 Å². The first-order valence-corrected chi connectivity index (χ1v) is 6.97. The monoisotopic (exact) mass is 320 g/mol. The molecule has 0 saturated carbocycles. The molecular weight excluding hydrogens is 305 g/mol. The van der Waals surface area contributed by atoms with E-state index in [4.69, 9.17) is 5.73 Å². The quantitative estimate of drug-likeness (QED) is 0.945. The maximum atomic E-state index is 12.2. The molecule has 116 valence electrons. The number of rotatable bonds is 3. The normalized spacial score (nSPS) is 12.1. The fourth-order valence-corrected chi connectivity index (χ4v) is 3.24. The van der Waals surface area contributed by atoms with Crippen molar-refractivity contribution in [3.05, 3.63) is 10.6 Å². The lowest BCUT2D eigenvalue weighted by Crippen LogP contribution is -2.30. The highest BCUT2D eigenvalue weighted by atomic mass is 32.1. The number of halogens is 3. The van der Waals surface area contributed by atoms with E-state index in [9.17, 15) is 18.0 Å². The number of nitrogens with two attached hydrogens (primary N) is 1. The molecule has 0 bridgehead atoms. The lowest BCUT2D eigenvalue weighted by Gasteiger charge is -2.17. The number of aromatic nitrogens is 2. The molecule has 0 aromatic carbocycles. The van der Waals surface area contributed by atoms with Crippen LogP contribution in [0.15, 0.2) is 0 Å². The van der Waals surface area contributed by atoms with E-state index in [1.165, 1.54) is 7.05 Å². The Morgan fingerprint density at radius 2 is 2.10 bits per heavy atom. The Morgan fingerprint density at radius 3 is 2.62 bits per heavy atom. The number of anilines is 1. The molecule has 5 nitrogen and oxygen atoms in total. The van der Waals surface area contributed by atoms with Crippen molar-refractivity contribution < 1.29 is 18.0 Å². The van der Waals surface area contributed by atoms with Crippen molar-refractivity contribution in [1.29, 1.82) is 0 Å². The van der Waals surface area contributed by atoms with Gasteiger partial charge in [-0.25, -0.2) is 0 Å².